The van der Waals surface area contributed by atoms with Crippen LogP contribution in [0.3, 0.4) is 0 Å². The van der Waals surface area contributed by atoms with E-state index in [1.807, 2.05) is 6.92 Å². The third-order valence-corrected chi connectivity index (χ3v) is 3.88. The monoisotopic (exact) mass is 310 g/mol. The van der Waals surface area contributed by atoms with Gasteiger partial charge in [0.2, 0.25) is 11.8 Å². The zero-order valence-electron chi connectivity index (χ0n) is 12.8. The van der Waals surface area contributed by atoms with E-state index >= 15 is 0 Å². The SMILES string of the molecule is CC(=O)NC[C@]1(O)CCN(C(=O)Cn2cc(C)cn2)C[C@H]1O. The van der Waals surface area contributed by atoms with Crippen molar-refractivity contribution in [3.63, 3.8) is 0 Å². The van der Waals surface area contributed by atoms with Gasteiger partial charge in [-0.15, -0.1) is 0 Å². The summed E-state index contributed by atoms with van der Waals surface area (Å²) in [7, 11) is 0. The molecule has 8 heteroatoms. The van der Waals surface area contributed by atoms with Crippen LogP contribution in [0.25, 0.3) is 0 Å². The number of β-amino-alcohol motifs (C(OH)–C–C–N with tert-alkyl or cyclic N) is 1. The predicted molar refractivity (Wildman–Crippen MR) is 77.8 cm³/mol. The van der Waals surface area contributed by atoms with Crippen molar-refractivity contribution in [2.75, 3.05) is 19.6 Å². The maximum Gasteiger partial charge on any atom is 0.244 e. The molecule has 0 radical (unpaired) electrons. The highest BCUT2D eigenvalue weighted by Gasteiger charge is 2.41. The first kappa shape index (κ1) is 16.4. The van der Waals surface area contributed by atoms with Crippen molar-refractivity contribution in [1.29, 1.82) is 0 Å². The normalized spacial score (nSPS) is 25.1. The lowest BCUT2D eigenvalue weighted by Crippen LogP contribution is -2.61. The average molecular weight is 310 g/mol. The number of aliphatic hydroxyl groups excluding tert-OH is 1. The van der Waals surface area contributed by atoms with Crippen LogP contribution in [0.4, 0.5) is 0 Å². The number of carbonyl (C=O) groups excluding carboxylic acids is 2. The van der Waals surface area contributed by atoms with Crippen molar-refractivity contribution in [2.45, 2.75) is 38.5 Å². The molecule has 3 N–H and O–H groups in total. The van der Waals surface area contributed by atoms with Gasteiger partial charge in [-0.05, 0) is 18.9 Å². The number of aryl methyl sites for hydroxylation is 1. The van der Waals surface area contributed by atoms with Crippen molar-refractivity contribution in [2.24, 2.45) is 0 Å². The molecule has 0 aromatic carbocycles. The van der Waals surface area contributed by atoms with Crippen LogP contribution < -0.4 is 5.32 Å². The summed E-state index contributed by atoms with van der Waals surface area (Å²) in [6, 6.07) is 0. The zero-order chi connectivity index (χ0) is 16.3. The van der Waals surface area contributed by atoms with E-state index in [0.717, 1.165) is 5.56 Å². The maximum atomic E-state index is 12.2. The van der Waals surface area contributed by atoms with Crippen LogP contribution in [0.1, 0.15) is 18.9 Å². The first-order valence-electron chi connectivity index (χ1n) is 7.22. The molecule has 8 nitrogen and oxygen atoms in total. The van der Waals surface area contributed by atoms with Crippen LogP contribution in [0.15, 0.2) is 12.4 Å². The second kappa shape index (κ2) is 6.45. The number of hydrogen-bond acceptors (Lipinski definition) is 5. The molecule has 0 bridgehead atoms. The van der Waals surface area contributed by atoms with E-state index in [1.54, 1.807) is 17.1 Å². The number of piperidine rings is 1. The van der Waals surface area contributed by atoms with Crippen molar-refractivity contribution >= 4 is 11.8 Å². The summed E-state index contributed by atoms with van der Waals surface area (Å²) in [5.74, 6) is -0.433. The Labute approximate surface area is 128 Å². The number of aromatic nitrogens is 2. The summed E-state index contributed by atoms with van der Waals surface area (Å²) in [6.07, 6.45) is 2.55. The molecule has 2 atom stereocenters. The fraction of sp³-hybridized carbons (Fsp3) is 0.643. The summed E-state index contributed by atoms with van der Waals surface area (Å²) in [5.41, 5.74) is -0.429. The topological polar surface area (TPSA) is 108 Å². The summed E-state index contributed by atoms with van der Waals surface area (Å²) in [4.78, 5) is 24.6. The van der Waals surface area contributed by atoms with E-state index in [9.17, 15) is 19.8 Å². The van der Waals surface area contributed by atoms with Gasteiger partial charge in [0.25, 0.3) is 0 Å². The third-order valence-electron chi connectivity index (χ3n) is 3.88. The summed E-state index contributed by atoms with van der Waals surface area (Å²) >= 11 is 0. The van der Waals surface area contributed by atoms with Gasteiger partial charge in [0.1, 0.15) is 18.2 Å². The van der Waals surface area contributed by atoms with E-state index < -0.39 is 11.7 Å². The van der Waals surface area contributed by atoms with Crippen molar-refractivity contribution in [3.05, 3.63) is 18.0 Å². The van der Waals surface area contributed by atoms with E-state index in [1.165, 1.54) is 11.8 Å². The first-order valence-corrected chi connectivity index (χ1v) is 7.22. The van der Waals surface area contributed by atoms with Crippen LogP contribution in [0.2, 0.25) is 0 Å². The minimum Gasteiger partial charge on any atom is -0.388 e. The van der Waals surface area contributed by atoms with Gasteiger partial charge < -0.3 is 20.4 Å². The van der Waals surface area contributed by atoms with Gasteiger partial charge >= 0.3 is 0 Å². The second-order valence-corrected chi connectivity index (χ2v) is 5.83. The Morgan fingerprint density at radius 1 is 1.55 bits per heavy atom. The lowest BCUT2D eigenvalue weighted by molar-refractivity contribution is -0.150. The molecule has 1 aromatic heterocycles. The molecular weight excluding hydrogens is 288 g/mol. The summed E-state index contributed by atoms with van der Waals surface area (Å²) in [6.45, 7) is 3.68. The molecule has 2 heterocycles. The Kier molecular flexibility index (Phi) is 4.82. The minimum absolute atomic E-state index is 0.0239. The van der Waals surface area contributed by atoms with Crippen molar-refractivity contribution in [1.82, 2.24) is 20.0 Å². The van der Waals surface area contributed by atoms with E-state index in [-0.39, 0.29) is 37.9 Å². The molecule has 2 amide bonds. The maximum absolute atomic E-state index is 12.2. The van der Waals surface area contributed by atoms with Crippen molar-refractivity contribution in [3.8, 4) is 0 Å². The van der Waals surface area contributed by atoms with E-state index in [0.29, 0.717) is 6.54 Å². The van der Waals surface area contributed by atoms with Crippen LogP contribution in [-0.4, -0.2) is 68.0 Å². The highest BCUT2D eigenvalue weighted by Crippen LogP contribution is 2.22. The Morgan fingerprint density at radius 2 is 2.27 bits per heavy atom. The molecule has 122 valence electrons. The van der Waals surface area contributed by atoms with Gasteiger partial charge in [-0.25, -0.2) is 0 Å². The lowest BCUT2D eigenvalue weighted by Gasteiger charge is -2.42. The fourth-order valence-electron chi connectivity index (χ4n) is 2.47. The lowest BCUT2D eigenvalue weighted by atomic mass is 9.88. The molecule has 1 aliphatic rings. The summed E-state index contributed by atoms with van der Waals surface area (Å²) in [5, 5.41) is 27.0. The molecular formula is C14H22N4O4. The van der Waals surface area contributed by atoms with Gasteiger partial charge in [-0.3, -0.25) is 14.3 Å². The molecule has 0 unspecified atom stereocenters. The van der Waals surface area contributed by atoms with Gasteiger partial charge in [0.15, 0.2) is 0 Å². The quantitative estimate of drug-likeness (QED) is 0.637. The first-order chi connectivity index (χ1) is 10.3. The van der Waals surface area contributed by atoms with Crippen LogP contribution in [0, 0.1) is 6.92 Å². The second-order valence-electron chi connectivity index (χ2n) is 5.83. The number of rotatable bonds is 4. The van der Waals surface area contributed by atoms with E-state index in [2.05, 4.69) is 10.4 Å². The molecule has 0 aliphatic carbocycles. The fourth-order valence-corrected chi connectivity index (χ4v) is 2.47. The largest absolute Gasteiger partial charge is 0.388 e. The van der Waals surface area contributed by atoms with Crippen LogP contribution >= 0.6 is 0 Å². The Hall–Kier alpha value is -1.93. The minimum atomic E-state index is -1.40. The Bertz CT molecular complexity index is 559. The number of nitrogens with zero attached hydrogens (tertiary/aromatic N) is 3. The summed E-state index contributed by atoms with van der Waals surface area (Å²) < 4.78 is 1.54. The zero-order valence-corrected chi connectivity index (χ0v) is 12.8. The molecule has 22 heavy (non-hydrogen) atoms. The predicted octanol–water partition coefficient (Wildman–Crippen LogP) is -1.35. The van der Waals surface area contributed by atoms with Gasteiger partial charge in [0.05, 0.1) is 6.20 Å². The number of amides is 2. The van der Waals surface area contributed by atoms with Crippen LogP contribution in [0.5, 0.6) is 0 Å². The number of carbonyl (C=O) groups is 2. The Balaban J connectivity index is 1.91. The van der Waals surface area contributed by atoms with Crippen molar-refractivity contribution < 1.29 is 19.8 Å². The average Bonchev–Trinajstić information content (AvgIpc) is 2.85. The number of likely N-dealkylation sites (tertiary alicyclic amines) is 1. The smallest absolute Gasteiger partial charge is 0.244 e. The number of hydrogen-bond donors (Lipinski definition) is 3. The molecule has 1 fully saturated rings. The highest BCUT2D eigenvalue weighted by atomic mass is 16.3. The Morgan fingerprint density at radius 3 is 2.82 bits per heavy atom. The number of nitrogens with one attached hydrogen (secondary N) is 1. The highest BCUT2D eigenvalue weighted by molar-refractivity contribution is 5.76. The molecule has 0 spiro atoms. The molecule has 0 saturated carbocycles. The molecule has 2 rings (SSSR count). The molecule has 1 aromatic rings. The van der Waals surface area contributed by atoms with E-state index in [4.69, 9.17) is 0 Å². The standard InChI is InChI=1S/C14H22N4O4/c1-10-5-16-18(6-10)8-13(21)17-4-3-14(22,12(20)7-17)9-15-11(2)19/h5-6,12,20,22H,3-4,7-9H2,1-2H3,(H,15,19)/t12-,14-/m1/s1. The van der Waals surface area contributed by atoms with Gasteiger partial charge in [-0.1, -0.05) is 0 Å². The van der Waals surface area contributed by atoms with Gasteiger partial charge in [0, 0.05) is 32.8 Å². The molecule has 1 saturated heterocycles. The molecule has 1 aliphatic heterocycles. The third kappa shape index (κ3) is 3.83. The van der Waals surface area contributed by atoms with Crippen LogP contribution in [-0.2, 0) is 16.1 Å². The van der Waals surface area contributed by atoms with Gasteiger partial charge in [-0.2, -0.15) is 5.10 Å². The number of aliphatic hydroxyl groups is 2.